The van der Waals surface area contributed by atoms with Gasteiger partial charge < -0.3 is 10.1 Å². The third-order valence-corrected chi connectivity index (χ3v) is 6.04. The minimum Gasteiger partial charge on any atom is -0.485 e. The van der Waals surface area contributed by atoms with Gasteiger partial charge in [-0.2, -0.15) is 0 Å². The molecular formula is C23H28N2O2. The fourth-order valence-corrected chi connectivity index (χ4v) is 4.36. The van der Waals surface area contributed by atoms with Gasteiger partial charge >= 0.3 is 0 Å². The third-order valence-electron chi connectivity index (χ3n) is 6.04. The predicted molar refractivity (Wildman–Crippen MR) is 107 cm³/mol. The quantitative estimate of drug-likeness (QED) is 0.897. The Bertz CT molecular complexity index is 810. The van der Waals surface area contributed by atoms with Crippen LogP contribution in [0.4, 0.5) is 0 Å². The maximum Gasteiger partial charge on any atom is 0.255 e. The first-order chi connectivity index (χ1) is 13.0. The van der Waals surface area contributed by atoms with Crippen molar-refractivity contribution in [2.45, 2.75) is 50.8 Å². The monoisotopic (exact) mass is 364 g/mol. The lowest BCUT2D eigenvalue weighted by atomic mass is 9.81. The van der Waals surface area contributed by atoms with Crippen LogP contribution in [0, 0.1) is 6.92 Å². The molecule has 1 spiro atoms. The SMILES string of the molecule is Cc1ccc2c(c1)C(=O)NCC1(CCC(N(C)Cc3ccccc3)CC1)O2. The number of carbonyl (C=O) groups excluding carboxylic acids is 1. The molecule has 1 fully saturated rings. The lowest BCUT2D eigenvalue weighted by Crippen LogP contribution is -2.50. The highest BCUT2D eigenvalue weighted by Crippen LogP contribution is 2.37. The molecule has 0 saturated heterocycles. The molecule has 0 atom stereocenters. The van der Waals surface area contributed by atoms with Crippen LogP contribution in [0.1, 0.15) is 47.2 Å². The van der Waals surface area contributed by atoms with E-state index >= 15 is 0 Å². The molecule has 0 aromatic heterocycles. The summed E-state index contributed by atoms with van der Waals surface area (Å²) in [6, 6.07) is 17.1. The minimum atomic E-state index is -0.278. The Morgan fingerprint density at radius 2 is 1.89 bits per heavy atom. The molecule has 4 heteroatoms. The van der Waals surface area contributed by atoms with E-state index < -0.39 is 0 Å². The van der Waals surface area contributed by atoms with Gasteiger partial charge in [0.2, 0.25) is 0 Å². The molecular weight excluding hydrogens is 336 g/mol. The number of rotatable bonds is 3. The Labute approximate surface area is 161 Å². The Morgan fingerprint density at radius 1 is 1.15 bits per heavy atom. The van der Waals surface area contributed by atoms with E-state index in [1.807, 2.05) is 25.1 Å². The van der Waals surface area contributed by atoms with Gasteiger partial charge in [-0.25, -0.2) is 0 Å². The van der Waals surface area contributed by atoms with E-state index in [1.165, 1.54) is 5.56 Å². The first-order valence-electron chi connectivity index (χ1n) is 9.87. The number of amides is 1. The van der Waals surface area contributed by atoms with Crippen LogP contribution in [-0.4, -0.2) is 36.0 Å². The molecule has 1 saturated carbocycles. The first kappa shape index (κ1) is 18.1. The number of carbonyl (C=O) groups is 1. The molecule has 0 radical (unpaired) electrons. The summed E-state index contributed by atoms with van der Waals surface area (Å²) < 4.78 is 6.46. The number of nitrogens with zero attached hydrogens (tertiary/aromatic N) is 1. The second-order valence-electron chi connectivity index (χ2n) is 8.10. The maximum absolute atomic E-state index is 12.5. The first-order valence-corrected chi connectivity index (χ1v) is 9.87. The third kappa shape index (κ3) is 3.86. The van der Waals surface area contributed by atoms with Crippen molar-refractivity contribution in [3.05, 3.63) is 65.2 Å². The van der Waals surface area contributed by atoms with Crippen LogP contribution in [0.15, 0.2) is 48.5 Å². The van der Waals surface area contributed by atoms with Crippen molar-refractivity contribution in [1.29, 1.82) is 0 Å². The lowest BCUT2D eigenvalue weighted by Gasteiger charge is -2.42. The summed E-state index contributed by atoms with van der Waals surface area (Å²) in [6.07, 6.45) is 4.09. The van der Waals surface area contributed by atoms with Gasteiger partial charge in [0.05, 0.1) is 12.1 Å². The van der Waals surface area contributed by atoms with Gasteiger partial charge in [-0.15, -0.1) is 0 Å². The van der Waals surface area contributed by atoms with E-state index in [-0.39, 0.29) is 11.5 Å². The molecule has 2 aliphatic rings. The molecule has 1 N–H and O–H groups in total. The Balaban J connectivity index is 1.43. The Hall–Kier alpha value is -2.33. The number of aryl methyl sites for hydroxylation is 1. The predicted octanol–water partition coefficient (Wildman–Crippen LogP) is 3.93. The lowest BCUT2D eigenvalue weighted by molar-refractivity contribution is 0.00884. The van der Waals surface area contributed by atoms with Crippen LogP contribution in [0.3, 0.4) is 0 Å². The Morgan fingerprint density at radius 3 is 2.63 bits per heavy atom. The Kier molecular flexibility index (Phi) is 4.92. The van der Waals surface area contributed by atoms with Gasteiger partial charge in [0.1, 0.15) is 11.4 Å². The second-order valence-corrected chi connectivity index (χ2v) is 8.10. The van der Waals surface area contributed by atoms with E-state index in [4.69, 9.17) is 4.74 Å². The number of hydrogen-bond donors (Lipinski definition) is 1. The molecule has 1 aliphatic heterocycles. The van der Waals surface area contributed by atoms with Crippen LogP contribution in [0.5, 0.6) is 5.75 Å². The van der Waals surface area contributed by atoms with Crippen LogP contribution in [-0.2, 0) is 6.54 Å². The smallest absolute Gasteiger partial charge is 0.255 e. The topological polar surface area (TPSA) is 41.6 Å². The fraction of sp³-hybridized carbons (Fsp3) is 0.435. The van der Waals surface area contributed by atoms with Crippen molar-refractivity contribution in [2.75, 3.05) is 13.6 Å². The zero-order valence-corrected chi connectivity index (χ0v) is 16.2. The summed E-state index contributed by atoms with van der Waals surface area (Å²) in [7, 11) is 2.21. The zero-order chi connectivity index (χ0) is 18.9. The highest BCUT2D eigenvalue weighted by atomic mass is 16.5. The molecule has 0 bridgehead atoms. The van der Waals surface area contributed by atoms with E-state index in [0.29, 0.717) is 18.2 Å². The van der Waals surface area contributed by atoms with E-state index in [0.717, 1.165) is 43.5 Å². The van der Waals surface area contributed by atoms with Crippen molar-refractivity contribution >= 4 is 5.91 Å². The maximum atomic E-state index is 12.5. The molecule has 27 heavy (non-hydrogen) atoms. The number of ether oxygens (including phenoxy) is 1. The number of fused-ring (bicyclic) bond motifs is 1. The number of hydrogen-bond acceptors (Lipinski definition) is 3. The average Bonchev–Trinajstić information content (AvgIpc) is 2.81. The molecule has 2 aromatic carbocycles. The van der Waals surface area contributed by atoms with Gasteiger partial charge in [0, 0.05) is 12.6 Å². The van der Waals surface area contributed by atoms with Crippen molar-refractivity contribution < 1.29 is 9.53 Å². The van der Waals surface area contributed by atoms with Crippen LogP contribution < -0.4 is 10.1 Å². The van der Waals surface area contributed by atoms with Gasteiger partial charge in [-0.1, -0.05) is 42.0 Å². The van der Waals surface area contributed by atoms with Crippen molar-refractivity contribution in [3.63, 3.8) is 0 Å². The van der Waals surface area contributed by atoms with Gasteiger partial charge in [-0.3, -0.25) is 9.69 Å². The fourth-order valence-electron chi connectivity index (χ4n) is 4.36. The molecule has 2 aromatic rings. The molecule has 142 valence electrons. The molecule has 4 rings (SSSR count). The van der Waals surface area contributed by atoms with Crippen LogP contribution in [0.25, 0.3) is 0 Å². The van der Waals surface area contributed by atoms with Crippen molar-refractivity contribution in [3.8, 4) is 5.75 Å². The molecule has 4 nitrogen and oxygen atoms in total. The van der Waals surface area contributed by atoms with Crippen molar-refractivity contribution in [1.82, 2.24) is 10.2 Å². The molecule has 1 heterocycles. The summed E-state index contributed by atoms with van der Waals surface area (Å²) >= 11 is 0. The second kappa shape index (κ2) is 7.35. The standard InChI is InChI=1S/C23H28N2O2/c1-17-8-9-21-20(14-17)22(26)24-16-23(27-21)12-10-19(11-13-23)25(2)15-18-6-4-3-5-7-18/h3-9,14,19H,10-13,15-16H2,1-2H3,(H,24,26). The van der Waals surface area contributed by atoms with Gasteiger partial charge in [-0.05, 0) is 57.4 Å². The summed E-state index contributed by atoms with van der Waals surface area (Å²) in [6.45, 7) is 3.56. The molecule has 1 amide bonds. The van der Waals surface area contributed by atoms with Gasteiger partial charge in [0.15, 0.2) is 0 Å². The minimum absolute atomic E-state index is 0.0195. The highest BCUT2D eigenvalue weighted by molar-refractivity contribution is 5.97. The van der Waals surface area contributed by atoms with Crippen LogP contribution in [0.2, 0.25) is 0 Å². The van der Waals surface area contributed by atoms with Crippen LogP contribution >= 0.6 is 0 Å². The van der Waals surface area contributed by atoms with E-state index in [9.17, 15) is 4.79 Å². The number of benzene rings is 2. The molecule has 0 unspecified atom stereocenters. The zero-order valence-electron chi connectivity index (χ0n) is 16.2. The average molecular weight is 364 g/mol. The van der Waals surface area contributed by atoms with Crippen molar-refractivity contribution in [2.24, 2.45) is 0 Å². The molecule has 1 aliphatic carbocycles. The summed E-state index contributed by atoms with van der Waals surface area (Å²) in [5.74, 6) is 0.709. The summed E-state index contributed by atoms with van der Waals surface area (Å²) in [5, 5.41) is 3.09. The number of nitrogens with one attached hydrogen (secondary N) is 1. The largest absolute Gasteiger partial charge is 0.485 e. The van der Waals surface area contributed by atoms with Gasteiger partial charge in [0.25, 0.3) is 5.91 Å². The van der Waals surface area contributed by atoms with E-state index in [1.54, 1.807) is 0 Å². The summed E-state index contributed by atoms with van der Waals surface area (Å²) in [5.41, 5.74) is 2.81. The normalized spacial score (nSPS) is 24.9. The van der Waals surface area contributed by atoms with E-state index in [2.05, 4.69) is 47.6 Å². The summed E-state index contributed by atoms with van der Waals surface area (Å²) in [4.78, 5) is 14.9. The highest BCUT2D eigenvalue weighted by Gasteiger charge is 2.41.